The third-order valence-corrected chi connectivity index (χ3v) is 9.46. The van der Waals surface area contributed by atoms with Crippen LogP contribution in [0.1, 0.15) is 54.5 Å². The molecule has 2 atom stereocenters. The highest BCUT2D eigenvalue weighted by Gasteiger charge is 2.42. The van der Waals surface area contributed by atoms with Gasteiger partial charge in [-0.15, -0.1) is 0 Å². The summed E-state index contributed by atoms with van der Waals surface area (Å²) in [4.78, 5) is 20.9. The quantitative estimate of drug-likeness (QED) is 0.128. The molecule has 44 heavy (non-hydrogen) atoms. The number of pyridine rings is 1. The first-order valence-electron chi connectivity index (χ1n) is 14.7. The molecule has 2 aromatic carbocycles. The second-order valence-corrected chi connectivity index (χ2v) is 12.4. The molecule has 4 heterocycles. The summed E-state index contributed by atoms with van der Waals surface area (Å²) in [6.45, 7) is 8.20. The zero-order valence-corrected chi connectivity index (χ0v) is 26.7. The van der Waals surface area contributed by atoms with Crippen molar-refractivity contribution in [2.24, 2.45) is 5.92 Å². The van der Waals surface area contributed by atoms with Gasteiger partial charge in [0.15, 0.2) is 5.11 Å². The van der Waals surface area contributed by atoms with Gasteiger partial charge < -0.3 is 24.4 Å². The monoisotopic (exact) mass is 630 g/mol. The van der Waals surface area contributed by atoms with Crippen molar-refractivity contribution in [2.45, 2.75) is 45.7 Å². The predicted molar refractivity (Wildman–Crippen MR) is 178 cm³/mol. The molecule has 6 rings (SSSR count). The molecule has 0 spiro atoms. The highest BCUT2D eigenvalue weighted by atomic mass is 35.5. The van der Waals surface area contributed by atoms with Crippen molar-refractivity contribution in [1.82, 2.24) is 14.9 Å². The summed E-state index contributed by atoms with van der Waals surface area (Å²) >= 11 is 12.9. The summed E-state index contributed by atoms with van der Waals surface area (Å²) in [6.07, 6.45) is 4.07. The average molecular weight is 631 g/mol. The van der Waals surface area contributed by atoms with Crippen LogP contribution in [-0.4, -0.2) is 39.8 Å². The Morgan fingerprint density at radius 1 is 1.07 bits per heavy atom. The normalized spacial score (nSPS) is 18.9. The van der Waals surface area contributed by atoms with Gasteiger partial charge in [0, 0.05) is 36.4 Å². The molecule has 1 N–H and O–H groups in total. The third kappa shape index (κ3) is 5.37. The van der Waals surface area contributed by atoms with E-state index < -0.39 is 0 Å². The number of nitro groups is 1. The molecule has 0 aliphatic carbocycles. The molecule has 2 aliphatic rings. The summed E-state index contributed by atoms with van der Waals surface area (Å²) in [5.41, 5.74) is 5.86. The molecular weight excluding hydrogens is 596 g/mol. The summed E-state index contributed by atoms with van der Waals surface area (Å²) in [5.74, 6) is 1.15. The third-order valence-electron chi connectivity index (χ3n) is 8.84. The van der Waals surface area contributed by atoms with Gasteiger partial charge in [-0.1, -0.05) is 24.6 Å². The molecule has 2 aromatic heterocycles. The molecular formula is C33H35ClN6O3S. The molecule has 0 saturated carbocycles. The molecule has 2 saturated heterocycles. The lowest BCUT2D eigenvalue weighted by Gasteiger charge is -2.33. The number of anilines is 2. The summed E-state index contributed by atoms with van der Waals surface area (Å²) in [6, 6.07) is 18.4. The van der Waals surface area contributed by atoms with Gasteiger partial charge in [0.25, 0.3) is 5.69 Å². The van der Waals surface area contributed by atoms with Gasteiger partial charge in [-0.3, -0.25) is 15.1 Å². The Labute approximate surface area is 267 Å². The number of ether oxygens (including phenoxy) is 1. The van der Waals surface area contributed by atoms with Gasteiger partial charge in [-0.05, 0) is 98.9 Å². The highest BCUT2D eigenvalue weighted by molar-refractivity contribution is 7.80. The van der Waals surface area contributed by atoms with Crippen LogP contribution in [0.5, 0.6) is 5.75 Å². The first-order valence-corrected chi connectivity index (χ1v) is 15.5. The molecule has 0 radical (unpaired) electrons. The van der Waals surface area contributed by atoms with Crippen LogP contribution >= 0.6 is 23.8 Å². The first-order chi connectivity index (χ1) is 21.2. The van der Waals surface area contributed by atoms with E-state index in [2.05, 4.69) is 45.2 Å². The first kappa shape index (κ1) is 29.9. The fourth-order valence-electron chi connectivity index (χ4n) is 6.52. The smallest absolute Gasteiger partial charge is 0.296 e. The average Bonchev–Trinajstić information content (AvgIpc) is 3.52. The van der Waals surface area contributed by atoms with Crippen LogP contribution in [0.15, 0.2) is 66.9 Å². The van der Waals surface area contributed by atoms with Crippen molar-refractivity contribution in [3.63, 3.8) is 0 Å². The van der Waals surface area contributed by atoms with Crippen LogP contribution in [-0.2, 0) is 0 Å². The van der Waals surface area contributed by atoms with E-state index in [1.807, 2.05) is 42.7 Å². The van der Waals surface area contributed by atoms with E-state index >= 15 is 0 Å². The number of nitrogens with one attached hydrogen (secondary N) is 1. The molecule has 0 bridgehead atoms. The van der Waals surface area contributed by atoms with Gasteiger partial charge in [0.05, 0.1) is 46.6 Å². The number of rotatable bonds is 7. The van der Waals surface area contributed by atoms with Gasteiger partial charge in [0.2, 0.25) is 0 Å². The maximum Gasteiger partial charge on any atom is 0.296 e. The molecule has 11 heteroatoms. The van der Waals surface area contributed by atoms with Crippen molar-refractivity contribution >= 4 is 46.0 Å². The second kappa shape index (κ2) is 12.1. The van der Waals surface area contributed by atoms with Crippen LogP contribution in [0.25, 0.3) is 5.69 Å². The largest absolute Gasteiger partial charge is 0.496 e. The SMILES string of the molecule is COc1ccc(-n2c(C)cc([C@H]3[C@H](c4ccccn4)NC(=S)N3c3ccc(N4CCC(C)CC4)c(Cl)c3)c2C)c([N+](=O)[O-])c1. The van der Waals surface area contributed by atoms with Gasteiger partial charge in [-0.25, -0.2) is 0 Å². The number of piperidine rings is 1. The fraction of sp³-hybridized carbons (Fsp3) is 0.333. The van der Waals surface area contributed by atoms with Gasteiger partial charge in [-0.2, -0.15) is 0 Å². The van der Waals surface area contributed by atoms with Crippen LogP contribution in [0.3, 0.4) is 0 Å². The standard InChI is InChI=1S/C33H35ClN6O3S/c1-20-12-15-37(16-13-20)28-10-8-23(18-26(28)34)39-32(31(36-33(39)44)27-7-5-6-14-35-27)25-17-21(2)38(22(25)3)29-11-9-24(43-4)19-30(29)40(41)42/h5-11,14,17-20,31-32H,12-13,15-16H2,1-4H3,(H,36,44)/t31-,32-/m0/s1. The molecule has 2 aliphatic heterocycles. The number of aryl methyl sites for hydroxylation is 1. The van der Waals surface area contributed by atoms with Crippen molar-refractivity contribution < 1.29 is 9.66 Å². The minimum absolute atomic E-state index is 0.0367. The minimum atomic E-state index is -0.377. The predicted octanol–water partition coefficient (Wildman–Crippen LogP) is 7.47. The lowest BCUT2D eigenvalue weighted by Crippen LogP contribution is -2.33. The number of methoxy groups -OCH3 is 1. The van der Waals surface area contributed by atoms with Crippen molar-refractivity contribution in [3.8, 4) is 11.4 Å². The van der Waals surface area contributed by atoms with E-state index in [0.717, 1.165) is 65.9 Å². The maximum atomic E-state index is 12.1. The Morgan fingerprint density at radius 3 is 2.48 bits per heavy atom. The Kier molecular flexibility index (Phi) is 8.22. The maximum absolute atomic E-state index is 12.1. The number of hydrogen-bond acceptors (Lipinski definition) is 6. The lowest BCUT2D eigenvalue weighted by molar-refractivity contribution is -0.384. The van der Waals surface area contributed by atoms with Crippen molar-refractivity contribution in [2.75, 3.05) is 30.0 Å². The molecule has 9 nitrogen and oxygen atoms in total. The van der Waals surface area contributed by atoms with Gasteiger partial charge in [0.1, 0.15) is 11.4 Å². The zero-order chi connectivity index (χ0) is 31.1. The van der Waals surface area contributed by atoms with E-state index in [4.69, 9.17) is 28.6 Å². The summed E-state index contributed by atoms with van der Waals surface area (Å²) < 4.78 is 7.20. The van der Waals surface area contributed by atoms with Crippen molar-refractivity contribution in [3.05, 3.63) is 105 Å². The Balaban J connectivity index is 1.46. The Bertz CT molecular complexity index is 1720. The second-order valence-electron chi connectivity index (χ2n) is 11.6. The molecule has 228 valence electrons. The van der Waals surface area contributed by atoms with E-state index in [1.54, 1.807) is 18.3 Å². The summed E-state index contributed by atoms with van der Waals surface area (Å²) in [7, 11) is 1.50. The molecule has 4 aromatic rings. The fourth-order valence-corrected chi connectivity index (χ4v) is 7.16. The molecule has 0 amide bonds. The van der Waals surface area contributed by atoms with E-state index in [1.165, 1.54) is 13.2 Å². The zero-order valence-electron chi connectivity index (χ0n) is 25.2. The number of halogens is 1. The Hall–Kier alpha value is -4.15. The Morgan fingerprint density at radius 2 is 1.82 bits per heavy atom. The highest BCUT2D eigenvalue weighted by Crippen LogP contribution is 2.45. The number of thiocarbonyl (C=S) groups is 1. The number of nitro benzene ring substituents is 1. The van der Waals surface area contributed by atoms with E-state index in [0.29, 0.717) is 21.6 Å². The van der Waals surface area contributed by atoms with E-state index in [-0.39, 0.29) is 22.7 Å². The van der Waals surface area contributed by atoms with Crippen LogP contribution in [0.2, 0.25) is 5.02 Å². The lowest BCUT2D eigenvalue weighted by atomic mass is 9.96. The number of nitrogens with zero attached hydrogens (tertiary/aromatic N) is 5. The number of aromatic nitrogens is 2. The number of hydrogen-bond donors (Lipinski definition) is 1. The van der Waals surface area contributed by atoms with E-state index in [9.17, 15) is 10.1 Å². The van der Waals surface area contributed by atoms with Crippen LogP contribution in [0.4, 0.5) is 17.1 Å². The van der Waals surface area contributed by atoms with Gasteiger partial charge >= 0.3 is 0 Å². The minimum Gasteiger partial charge on any atom is -0.496 e. The number of benzene rings is 2. The topological polar surface area (TPSA) is 88.7 Å². The van der Waals surface area contributed by atoms with Crippen molar-refractivity contribution in [1.29, 1.82) is 0 Å². The van der Waals surface area contributed by atoms with Crippen LogP contribution in [0, 0.1) is 29.9 Å². The molecule has 2 fully saturated rings. The van der Waals surface area contributed by atoms with Crippen LogP contribution < -0.4 is 19.9 Å². The summed E-state index contributed by atoms with van der Waals surface area (Å²) in [5, 5.41) is 16.9. The molecule has 0 unspecified atom stereocenters.